The third-order valence-corrected chi connectivity index (χ3v) is 4.53. The van der Waals surface area contributed by atoms with Crippen molar-refractivity contribution in [3.63, 3.8) is 0 Å². The normalized spacial score (nSPS) is 10.6. The van der Waals surface area contributed by atoms with E-state index in [9.17, 15) is 4.39 Å². The predicted molar refractivity (Wildman–Crippen MR) is 112 cm³/mol. The molecule has 0 aliphatic rings. The summed E-state index contributed by atoms with van der Waals surface area (Å²) in [5.41, 5.74) is 5.16. The van der Waals surface area contributed by atoms with Crippen molar-refractivity contribution in [1.82, 2.24) is 0 Å². The van der Waals surface area contributed by atoms with Crippen LogP contribution in [-0.2, 0) is 13.2 Å². The van der Waals surface area contributed by atoms with E-state index in [1.165, 1.54) is 17.2 Å². The minimum Gasteiger partial charge on any atom is -0.490 e. The molecule has 0 heterocycles. The molecule has 0 spiro atoms. The molecule has 0 amide bonds. The van der Waals surface area contributed by atoms with Gasteiger partial charge in [0.25, 0.3) is 0 Å². The second kappa shape index (κ2) is 9.27. The molecule has 0 saturated heterocycles. The monoisotopic (exact) mass is 379 g/mol. The fraction of sp³-hybridized carbons (Fsp3) is 0.250. The summed E-state index contributed by atoms with van der Waals surface area (Å²) in [6, 6.07) is 18.8. The van der Waals surface area contributed by atoms with E-state index in [1.807, 2.05) is 25.1 Å². The topological polar surface area (TPSA) is 30.5 Å². The van der Waals surface area contributed by atoms with Gasteiger partial charge >= 0.3 is 0 Å². The number of hydrogen-bond donors (Lipinski definition) is 1. The summed E-state index contributed by atoms with van der Waals surface area (Å²) in [7, 11) is 0. The van der Waals surface area contributed by atoms with E-state index in [0.717, 1.165) is 11.3 Å². The molecule has 28 heavy (non-hydrogen) atoms. The fourth-order valence-corrected chi connectivity index (χ4v) is 2.94. The van der Waals surface area contributed by atoms with Crippen LogP contribution in [0.1, 0.15) is 29.2 Å². The largest absolute Gasteiger partial charge is 0.490 e. The van der Waals surface area contributed by atoms with Crippen LogP contribution < -0.4 is 14.8 Å². The standard InChI is InChI=1S/C24H26FNO2/c1-4-27-24-14-19(15-26-22-13-17(2)9-10-18(22)3)11-12-23(24)28-16-20-7-5-6-8-21(20)25/h5-14,26H,4,15-16H2,1-3H3. The number of ether oxygens (including phenoxy) is 2. The van der Waals surface area contributed by atoms with Crippen molar-refractivity contribution in [3.05, 3.63) is 88.7 Å². The Balaban J connectivity index is 1.71. The van der Waals surface area contributed by atoms with E-state index < -0.39 is 0 Å². The lowest BCUT2D eigenvalue weighted by atomic mass is 10.1. The van der Waals surface area contributed by atoms with Crippen LogP contribution in [0.25, 0.3) is 0 Å². The first-order valence-electron chi connectivity index (χ1n) is 9.50. The summed E-state index contributed by atoms with van der Waals surface area (Å²) in [6.45, 7) is 7.48. The molecule has 3 aromatic rings. The smallest absolute Gasteiger partial charge is 0.161 e. The summed E-state index contributed by atoms with van der Waals surface area (Å²) in [6.07, 6.45) is 0. The van der Waals surface area contributed by atoms with Gasteiger partial charge in [0.2, 0.25) is 0 Å². The zero-order valence-electron chi connectivity index (χ0n) is 16.6. The summed E-state index contributed by atoms with van der Waals surface area (Å²) in [5.74, 6) is 1.01. The van der Waals surface area contributed by atoms with Gasteiger partial charge in [-0.05, 0) is 61.7 Å². The van der Waals surface area contributed by atoms with Crippen LogP contribution in [0.15, 0.2) is 60.7 Å². The summed E-state index contributed by atoms with van der Waals surface area (Å²) < 4.78 is 25.4. The molecule has 0 saturated carbocycles. The molecule has 1 N–H and O–H groups in total. The molecule has 0 aliphatic carbocycles. The summed E-state index contributed by atoms with van der Waals surface area (Å²) in [5, 5.41) is 3.48. The van der Waals surface area contributed by atoms with Crippen LogP contribution in [0.5, 0.6) is 11.5 Å². The average Bonchev–Trinajstić information content (AvgIpc) is 2.69. The van der Waals surface area contributed by atoms with E-state index in [-0.39, 0.29) is 12.4 Å². The molecule has 0 fully saturated rings. The Morgan fingerprint density at radius 3 is 2.50 bits per heavy atom. The second-order valence-electron chi connectivity index (χ2n) is 6.77. The van der Waals surface area contributed by atoms with Gasteiger partial charge in [-0.15, -0.1) is 0 Å². The fourth-order valence-electron chi connectivity index (χ4n) is 2.94. The second-order valence-corrected chi connectivity index (χ2v) is 6.77. The Labute approximate surface area is 166 Å². The maximum atomic E-state index is 13.8. The number of hydrogen-bond acceptors (Lipinski definition) is 3. The molecule has 0 aromatic heterocycles. The van der Waals surface area contributed by atoms with E-state index in [4.69, 9.17) is 9.47 Å². The molecular weight excluding hydrogens is 353 g/mol. The molecule has 4 heteroatoms. The maximum Gasteiger partial charge on any atom is 0.161 e. The Bertz CT molecular complexity index is 940. The minimum atomic E-state index is -0.269. The van der Waals surface area contributed by atoms with Gasteiger partial charge in [-0.25, -0.2) is 4.39 Å². The number of aryl methyl sites for hydroxylation is 2. The van der Waals surface area contributed by atoms with Gasteiger partial charge in [0.05, 0.1) is 6.61 Å². The van der Waals surface area contributed by atoms with Gasteiger partial charge in [0, 0.05) is 17.8 Å². The first-order chi connectivity index (χ1) is 13.6. The third-order valence-electron chi connectivity index (χ3n) is 4.53. The Morgan fingerprint density at radius 2 is 1.71 bits per heavy atom. The van der Waals surface area contributed by atoms with Gasteiger partial charge in [-0.1, -0.05) is 36.4 Å². The van der Waals surface area contributed by atoms with Crippen molar-refractivity contribution < 1.29 is 13.9 Å². The lowest BCUT2D eigenvalue weighted by Gasteiger charge is -2.15. The number of rotatable bonds is 8. The van der Waals surface area contributed by atoms with Crippen LogP contribution in [0, 0.1) is 19.7 Å². The zero-order chi connectivity index (χ0) is 19.9. The molecule has 3 rings (SSSR count). The van der Waals surface area contributed by atoms with Crippen LogP contribution in [0.4, 0.5) is 10.1 Å². The van der Waals surface area contributed by atoms with E-state index in [2.05, 4.69) is 37.4 Å². The SMILES string of the molecule is CCOc1cc(CNc2cc(C)ccc2C)ccc1OCc1ccccc1F. The van der Waals surface area contributed by atoms with E-state index >= 15 is 0 Å². The quantitative estimate of drug-likeness (QED) is 0.518. The van der Waals surface area contributed by atoms with Gasteiger partial charge in [0.1, 0.15) is 12.4 Å². The van der Waals surface area contributed by atoms with Crippen LogP contribution in [0.3, 0.4) is 0 Å². The van der Waals surface area contributed by atoms with Gasteiger partial charge < -0.3 is 14.8 Å². The Kier molecular flexibility index (Phi) is 6.53. The van der Waals surface area contributed by atoms with Gasteiger partial charge in [0.15, 0.2) is 11.5 Å². The van der Waals surface area contributed by atoms with Gasteiger partial charge in [-0.3, -0.25) is 0 Å². The average molecular weight is 379 g/mol. The lowest BCUT2D eigenvalue weighted by Crippen LogP contribution is -2.04. The highest BCUT2D eigenvalue weighted by Crippen LogP contribution is 2.30. The molecule has 0 bridgehead atoms. The first-order valence-corrected chi connectivity index (χ1v) is 9.50. The predicted octanol–water partition coefficient (Wildman–Crippen LogP) is 6.03. The van der Waals surface area contributed by atoms with Crippen molar-refractivity contribution in [2.45, 2.75) is 33.9 Å². The number of benzene rings is 3. The molecule has 0 unspecified atom stereocenters. The number of anilines is 1. The third kappa shape index (κ3) is 5.03. The highest BCUT2D eigenvalue weighted by molar-refractivity contribution is 5.53. The molecule has 0 radical (unpaired) electrons. The Morgan fingerprint density at radius 1 is 0.893 bits per heavy atom. The van der Waals surface area contributed by atoms with Crippen molar-refractivity contribution in [2.75, 3.05) is 11.9 Å². The minimum absolute atomic E-state index is 0.160. The van der Waals surface area contributed by atoms with Crippen molar-refractivity contribution in [2.24, 2.45) is 0 Å². The molecular formula is C24H26FNO2. The van der Waals surface area contributed by atoms with Gasteiger partial charge in [-0.2, -0.15) is 0 Å². The zero-order valence-corrected chi connectivity index (χ0v) is 16.6. The molecule has 3 aromatic carbocycles. The van der Waals surface area contributed by atoms with Crippen molar-refractivity contribution in [1.29, 1.82) is 0 Å². The number of nitrogens with one attached hydrogen (secondary N) is 1. The number of halogens is 1. The highest BCUT2D eigenvalue weighted by atomic mass is 19.1. The molecule has 146 valence electrons. The molecule has 0 atom stereocenters. The first kappa shape index (κ1) is 19.7. The Hall–Kier alpha value is -3.01. The van der Waals surface area contributed by atoms with E-state index in [1.54, 1.807) is 18.2 Å². The van der Waals surface area contributed by atoms with Crippen molar-refractivity contribution in [3.8, 4) is 11.5 Å². The lowest BCUT2D eigenvalue weighted by molar-refractivity contribution is 0.265. The van der Waals surface area contributed by atoms with Crippen LogP contribution in [-0.4, -0.2) is 6.61 Å². The van der Waals surface area contributed by atoms with Crippen LogP contribution >= 0.6 is 0 Å². The molecule has 3 nitrogen and oxygen atoms in total. The highest BCUT2D eigenvalue weighted by Gasteiger charge is 2.09. The summed E-state index contributed by atoms with van der Waals surface area (Å²) >= 11 is 0. The van der Waals surface area contributed by atoms with E-state index in [0.29, 0.717) is 30.2 Å². The molecule has 0 aliphatic heterocycles. The summed E-state index contributed by atoms with van der Waals surface area (Å²) in [4.78, 5) is 0. The van der Waals surface area contributed by atoms with Crippen molar-refractivity contribution >= 4 is 5.69 Å². The van der Waals surface area contributed by atoms with Crippen LogP contribution in [0.2, 0.25) is 0 Å². The maximum absolute atomic E-state index is 13.8.